The highest BCUT2D eigenvalue weighted by atomic mass is 35.5. The predicted molar refractivity (Wildman–Crippen MR) is 141 cm³/mol. The van der Waals surface area contributed by atoms with Crippen LogP contribution in [0, 0.1) is 5.92 Å². The lowest BCUT2D eigenvalue weighted by atomic mass is 9.89. The van der Waals surface area contributed by atoms with Crippen LogP contribution in [-0.4, -0.2) is 34.7 Å². The molecule has 5 rings (SSSR count). The molecule has 8 nitrogen and oxygen atoms in total. The molecule has 0 spiro atoms. The third-order valence-electron chi connectivity index (χ3n) is 7.16. The second-order valence-corrected chi connectivity index (χ2v) is 10.0. The zero-order chi connectivity index (χ0) is 24.9. The highest BCUT2D eigenvalue weighted by Gasteiger charge is 2.22. The average Bonchev–Trinajstić information content (AvgIpc) is 3.53. The van der Waals surface area contributed by atoms with Gasteiger partial charge in [0.15, 0.2) is 5.82 Å². The number of hydrogen-bond acceptors (Lipinski definition) is 5. The van der Waals surface area contributed by atoms with E-state index in [0.29, 0.717) is 30.0 Å². The number of halogens is 1. The molecule has 188 valence electrons. The van der Waals surface area contributed by atoms with Crippen LogP contribution in [0.2, 0.25) is 5.15 Å². The van der Waals surface area contributed by atoms with Gasteiger partial charge in [0.2, 0.25) is 0 Å². The highest BCUT2D eigenvalue weighted by molar-refractivity contribution is 6.30. The number of rotatable bonds is 9. The number of hydrogen-bond donors (Lipinski definition) is 1. The van der Waals surface area contributed by atoms with Crippen molar-refractivity contribution in [2.24, 2.45) is 5.92 Å². The number of tetrazole rings is 1. The molecule has 0 amide bonds. The Morgan fingerprint density at radius 3 is 2.56 bits per heavy atom. The maximum Gasteiger partial charge on any atom is 0.329 e. The maximum atomic E-state index is 13.5. The first-order valence-corrected chi connectivity index (χ1v) is 13.3. The van der Waals surface area contributed by atoms with E-state index in [2.05, 4.69) is 27.5 Å². The van der Waals surface area contributed by atoms with Crippen molar-refractivity contribution in [3.63, 3.8) is 0 Å². The van der Waals surface area contributed by atoms with Gasteiger partial charge in [-0.2, -0.15) is 0 Å². The number of nitrogens with one attached hydrogen (secondary N) is 1. The number of nitrogens with zero attached hydrogens (tertiary/aromatic N) is 6. The molecule has 0 unspecified atom stereocenters. The van der Waals surface area contributed by atoms with Gasteiger partial charge in [-0.15, -0.1) is 5.10 Å². The molecule has 1 saturated carbocycles. The van der Waals surface area contributed by atoms with Crippen molar-refractivity contribution in [1.82, 2.24) is 34.7 Å². The zero-order valence-corrected chi connectivity index (χ0v) is 21.4. The molecule has 9 heteroatoms. The summed E-state index contributed by atoms with van der Waals surface area (Å²) in [6, 6.07) is 11.9. The number of benzene rings is 1. The Labute approximate surface area is 215 Å². The lowest BCUT2D eigenvalue weighted by Crippen LogP contribution is -2.28. The van der Waals surface area contributed by atoms with Crippen molar-refractivity contribution < 1.29 is 0 Å². The molecule has 1 N–H and O–H groups in total. The second kappa shape index (κ2) is 11.2. The van der Waals surface area contributed by atoms with Crippen LogP contribution in [0.1, 0.15) is 63.1 Å². The van der Waals surface area contributed by atoms with Crippen LogP contribution in [0.25, 0.3) is 22.6 Å². The Morgan fingerprint density at radius 2 is 1.86 bits per heavy atom. The van der Waals surface area contributed by atoms with Gasteiger partial charge in [0, 0.05) is 23.9 Å². The van der Waals surface area contributed by atoms with E-state index in [1.165, 1.54) is 32.1 Å². The van der Waals surface area contributed by atoms with Crippen LogP contribution in [-0.2, 0) is 19.5 Å². The number of aromatic amines is 1. The molecule has 0 aliphatic heterocycles. The summed E-state index contributed by atoms with van der Waals surface area (Å²) >= 11 is 6.83. The SMILES string of the molecule is CCCCc1c(Cl)n(CC2CCCCC2)c(=O)n1Cc1ccc(-c2ccccc2-c2nnn[nH]2)nc1. The van der Waals surface area contributed by atoms with E-state index < -0.39 is 0 Å². The third kappa shape index (κ3) is 5.14. The van der Waals surface area contributed by atoms with Gasteiger partial charge in [-0.05, 0) is 53.7 Å². The zero-order valence-electron chi connectivity index (χ0n) is 20.7. The van der Waals surface area contributed by atoms with E-state index >= 15 is 0 Å². The Bertz CT molecular complexity index is 1340. The Hall–Kier alpha value is -3.26. The molecular weight excluding hydrogens is 474 g/mol. The molecular formula is C27H32ClN7O. The van der Waals surface area contributed by atoms with Crippen molar-refractivity contribution in [2.75, 3.05) is 0 Å². The van der Waals surface area contributed by atoms with Crippen LogP contribution < -0.4 is 5.69 Å². The molecule has 0 atom stereocenters. The lowest BCUT2D eigenvalue weighted by Gasteiger charge is -2.21. The van der Waals surface area contributed by atoms with E-state index in [0.717, 1.165) is 47.3 Å². The molecule has 3 heterocycles. The minimum Gasteiger partial charge on any atom is -0.290 e. The number of pyridine rings is 1. The molecule has 1 aromatic carbocycles. The molecule has 36 heavy (non-hydrogen) atoms. The molecule has 3 aromatic heterocycles. The summed E-state index contributed by atoms with van der Waals surface area (Å²) in [5, 5.41) is 14.9. The van der Waals surface area contributed by atoms with Gasteiger partial charge >= 0.3 is 5.69 Å². The summed E-state index contributed by atoms with van der Waals surface area (Å²) in [5.41, 5.74) is 4.52. The topological polar surface area (TPSA) is 94.3 Å². The summed E-state index contributed by atoms with van der Waals surface area (Å²) < 4.78 is 3.66. The van der Waals surface area contributed by atoms with Gasteiger partial charge in [-0.1, -0.05) is 74.5 Å². The Kier molecular flexibility index (Phi) is 7.60. The lowest BCUT2D eigenvalue weighted by molar-refractivity contribution is 0.315. The predicted octanol–water partition coefficient (Wildman–Crippen LogP) is 5.52. The van der Waals surface area contributed by atoms with Gasteiger partial charge < -0.3 is 0 Å². The molecule has 1 fully saturated rings. The maximum absolute atomic E-state index is 13.5. The largest absolute Gasteiger partial charge is 0.329 e. The van der Waals surface area contributed by atoms with Gasteiger partial charge in [0.05, 0.1) is 17.9 Å². The molecule has 0 bridgehead atoms. The van der Waals surface area contributed by atoms with Crippen molar-refractivity contribution in [1.29, 1.82) is 0 Å². The summed E-state index contributed by atoms with van der Waals surface area (Å²) in [4.78, 5) is 18.2. The first-order valence-electron chi connectivity index (χ1n) is 12.9. The van der Waals surface area contributed by atoms with Gasteiger partial charge in [0.1, 0.15) is 5.15 Å². The number of imidazole rings is 1. The van der Waals surface area contributed by atoms with E-state index in [1.807, 2.05) is 51.7 Å². The highest BCUT2D eigenvalue weighted by Crippen LogP contribution is 2.29. The van der Waals surface area contributed by atoms with Gasteiger partial charge in [0.25, 0.3) is 0 Å². The molecule has 1 aliphatic carbocycles. The number of unbranched alkanes of at least 4 members (excludes halogenated alkanes) is 1. The Morgan fingerprint density at radius 1 is 1.06 bits per heavy atom. The molecule has 0 saturated heterocycles. The van der Waals surface area contributed by atoms with E-state index in [9.17, 15) is 4.79 Å². The van der Waals surface area contributed by atoms with Crippen LogP contribution in [0.3, 0.4) is 0 Å². The van der Waals surface area contributed by atoms with Crippen molar-refractivity contribution in [3.8, 4) is 22.6 Å². The molecule has 0 radical (unpaired) electrons. The monoisotopic (exact) mass is 505 g/mol. The molecule has 1 aliphatic rings. The van der Waals surface area contributed by atoms with Crippen LogP contribution in [0.5, 0.6) is 0 Å². The Balaban J connectivity index is 1.42. The standard InChI is InChI=1S/C27H32ClN7O/c1-2-3-13-24-25(28)35(17-19-9-5-4-6-10-19)27(36)34(24)18-20-14-15-23(29-16-20)21-11-7-8-12-22(21)26-30-32-33-31-26/h7-8,11-12,14-16,19H,2-6,9-10,13,17-18H2,1H3,(H,30,31,32,33). The van der Waals surface area contributed by atoms with E-state index in [1.54, 1.807) is 0 Å². The number of H-pyrrole nitrogens is 1. The van der Waals surface area contributed by atoms with Crippen LogP contribution in [0.4, 0.5) is 0 Å². The van der Waals surface area contributed by atoms with E-state index in [4.69, 9.17) is 16.6 Å². The first-order chi connectivity index (χ1) is 17.7. The summed E-state index contributed by atoms with van der Waals surface area (Å²) in [6.07, 6.45) is 10.8. The second-order valence-electron chi connectivity index (χ2n) is 9.67. The first kappa shape index (κ1) is 24.4. The number of aromatic nitrogens is 7. The van der Waals surface area contributed by atoms with E-state index in [-0.39, 0.29) is 5.69 Å². The van der Waals surface area contributed by atoms with Crippen molar-refractivity contribution in [2.45, 2.75) is 71.4 Å². The quantitative estimate of drug-likeness (QED) is 0.323. The smallest absolute Gasteiger partial charge is 0.290 e. The average molecular weight is 506 g/mol. The van der Waals surface area contributed by atoms with Crippen LogP contribution >= 0.6 is 11.6 Å². The summed E-state index contributed by atoms with van der Waals surface area (Å²) in [5.74, 6) is 1.13. The van der Waals surface area contributed by atoms with Gasteiger partial charge in [-0.3, -0.25) is 14.1 Å². The fourth-order valence-corrected chi connectivity index (χ4v) is 5.53. The van der Waals surface area contributed by atoms with Gasteiger partial charge in [-0.25, -0.2) is 9.89 Å². The fourth-order valence-electron chi connectivity index (χ4n) is 5.19. The minimum atomic E-state index is -0.0103. The summed E-state index contributed by atoms with van der Waals surface area (Å²) in [6.45, 7) is 3.33. The molecule has 4 aromatic rings. The van der Waals surface area contributed by atoms with Crippen molar-refractivity contribution >= 4 is 11.6 Å². The third-order valence-corrected chi connectivity index (χ3v) is 7.59. The van der Waals surface area contributed by atoms with Crippen LogP contribution in [0.15, 0.2) is 47.4 Å². The fraction of sp³-hybridized carbons (Fsp3) is 0.444. The normalized spacial score (nSPS) is 14.4. The minimum absolute atomic E-state index is 0.0103. The van der Waals surface area contributed by atoms with Crippen molar-refractivity contribution in [3.05, 3.63) is 69.5 Å². The summed E-state index contributed by atoms with van der Waals surface area (Å²) in [7, 11) is 0.